The lowest BCUT2D eigenvalue weighted by molar-refractivity contribution is -0.127. The monoisotopic (exact) mass is 301 g/mol. The van der Waals surface area contributed by atoms with E-state index in [4.69, 9.17) is 4.74 Å². The second kappa shape index (κ2) is 7.86. The van der Waals surface area contributed by atoms with Gasteiger partial charge in [-0.25, -0.2) is 0 Å². The number of hydrogen-bond donors (Lipinski definition) is 1. The third-order valence-electron chi connectivity index (χ3n) is 3.07. The summed E-state index contributed by atoms with van der Waals surface area (Å²) in [6, 6.07) is 17.6. The van der Waals surface area contributed by atoms with Crippen LogP contribution in [0.3, 0.4) is 0 Å². The van der Waals surface area contributed by atoms with Crippen LogP contribution in [-0.2, 0) is 16.1 Å². The number of nitrogens with one attached hydrogen (secondary N) is 1. The fourth-order valence-electron chi connectivity index (χ4n) is 1.79. The minimum absolute atomic E-state index is 0.136. The molecule has 1 amide bonds. The molecule has 0 spiro atoms. The SMILES string of the molecule is CSc1ccc(NC(=O)C(C)OCc2ccccc2)cc1. The van der Waals surface area contributed by atoms with Gasteiger partial charge in [0.05, 0.1) is 6.61 Å². The van der Waals surface area contributed by atoms with Crippen molar-refractivity contribution in [2.24, 2.45) is 0 Å². The van der Waals surface area contributed by atoms with Gasteiger partial charge in [0.25, 0.3) is 5.91 Å². The van der Waals surface area contributed by atoms with Crippen LogP contribution in [0, 0.1) is 0 Å². The molecular formula is C17H19NO2S. The maximum atomic E-state index is 12.0. The van der Waals surface area contributed by atoms with Gasteiger partial charge >= 0.3 is 0 Å². The average Bonchev–Trinajstić information content (AvgIpc) is 2.54. The third-order valence-corrected chi connectivity index (χ3v) is 3.81. The Morgan fingerprint density at radius 3 is 2.43 bits per heavy atom. The molecule has 0 bridgehead atoms. The summed E-state index contributed by atoms with van der Waals surface area (Å²) in [5, 5.41) is 2.86. The Labute approximate surface area is 129 Å². The van der Waals surface area contributed by atoms with E-state index in [0.29, 0.717) is 6.61 Å². The van der Waals surface area contributed by atoms with Crippen molar-refractivity contribution in [3.63, 3.8) is 0 Å². The van der Waals surface area contributed by atoms with Crippen molar-refractivity contribution in [3.05, 3.63) is 60.2 Å². The molecule has 2 aromatic carbocycles. The van der Waals surface area contributed by atoms with Crippen LogP contribution in [0.4, 0.5) is 5.69 Å². The van der Waals surface area contributed by atoms with Crippen molar-refractivity contribution in [3.8, 4) is 0 Å². The van der Waals surface area contributed by atoms with Gasteiger partial charge in [-0.15, -0.1) is 11.8 Å². The molecule has 0 radical (unpaired) electrons. The van der Waals surface area contributed by atoms with E-state index in [1.54, 1.807) is 18.7 Å². The first-order valence-electron chi connectivity index (χ1n) is 6.79. The normalized spacial score (nSPS) is 11.9. The summed E-state index contributed by atoms with van der Waals surface area (Å²) < 4.78 is 5.59. The Balaban J connectivity index is 1.84. The van der Waals surface area contributed by atoms with Gasteiger partial charge < -0.3 is 10.1 Å². The fraction of sp³-hybridized carbons (Fsp3) is 0.235. The summed E-state index contributed by atoms with van der Waals surface area (Å²) in [5.74, 6) is -0.136. The van der Waals surface area contributed by atoms with Gasteiger partial charge in [-0.1, -0.05) is 30.3 Å². The fourth-order valence-corrected chi connectivity index (χ4v) is 2.20. The molecule has 0 saturated carbocycles. The molecule has 1 N–H and O–H groups in total. The summed E-state index contributed by atoms with van der Waals surface area (Å²) in [4.78, 5) is 13.2. The highest BCUT2D eigenvalue weighted by Gasteiger charge is 2.13. The first-order valence-corrected chi connectivity index (χ1v) is 8.02. The molecule has 3 nitrogen and oxygen atoms in total. The summed E-state index contributed by atoms with van der Waals surface area (Å²) in [7, 11) is 0. The van der Waals surface area contributed by atoms with Crippen LogP contribution in [0.25, 0.3) is 0 Å². The quantitative estimate of drug-likeness (QED) is 0.821. The molecule has 1 atom stereocenters. The first kappa shape index (κ1) is 15.6. The highest BCUT2D eigenvalue weighted by atomic mass is 32.2. The Kier molecular flexibility index (Phi) is 5.84. The zero-order valence-electron chi connectivity index (χ0n) is 12.2. The van der Waals surface area contributed by atoms with Crippen molar-refractivity contribution >= 4 is 23.4 Å². The van der Waals surface area contributed by atoms with Gasteiger partial charge in [-0.3, -0.25) is 4.79 Å². The average molecular weight is 301 g/mol. The van der Waals surface area contributed by atoms with Crippen molar-refractivity contribution in [1.29, 1.82) is 0 Å². The zero-order chi connectivity index (χ0) is 15.1. The van der Waals surface area contributed by atoms with E-state index in [1.165, 1.54) is 4.90 Å². The molecule has 1 unspecified atom stereocenters. The lowest BCUT2D eigenvalue weighted by Crippen LogP contribution is -2.27. The molecule has 0 saturated heterocycles. The number of carbonyl (C=O) groups excluding carboxylic acids is 1. The van der Waals surface area contributed by atoms with E-state index in [-0.39, 0.29) is 5.91 Å². The lowest BCUT2D eigenvalue weighted by atomic mass is 10.2. The maximum absolute atomic E-state index is 12.0. The molecule has 2 rings (SSSR count). The molecule has 0 fully saturated rings. The van der Waals surface area contributed by atoms with Crippen molar-refractivity contribution < 1.29 is 9.53 Å². The van der Waals surface area contributed by atoms with Crippen LogP contribution in [0.15, 0.2) is 59.5 Å². The van der Waals surface area contributed by atoms with Gasteiger partial charge in [0.2, 0.25) is 0 Å². The minimum atomic E-state index is -0.495. The molecule has 4 heteroatoms. The number of anilines is 1. The Hall–Kier alpha value is -1.78. The first-order chi connectivity index (χ1) is 10.2. The number of amides is 1. The van der Waals surface area contributed by atoms with Crippen molar-refractivity contribution in [1.82, 2.24) is 0 Å². The Morgan fingerprint density at radius 1 is 1.14 bits per heavy atom. The predicted molar refractivity (Wildman–Crippen MR) is 87.5 cm³/mol. The number of hydrogen-bond acceptors (Lipinski definition) is 3. The molecular weight excluding hydrogens is 282 g/mol. The summed E-state index contributed by atoms with van der Waals surface area (Å²) in [6.45, 7) is 2.19. The second-order valence-electron chi connectivity index (χ2n) is 4.66. The van der Waals surface area contributed by atoms with E-state index in [2.05, 4.69) is 5.32 Å². The molecule has 0 aromatic heterocycles. The van der Waals surface area contributed by atoms with Crippen LogP contribution in [0.1, 0.15) is 12.5 Å². The maximum Gasteiger partial charge on any atom is 0.253 e. The summed E-state index contributed by atoms with van der Waals surface area (Å²) in [5.41, 5.74) is 1.84. The lowest BCUT2D eigenvalue weighted by Gasteiger charge is -2.13. The summed E-state index contributed by atoms with van der Waals surface area (Å²) in [6.07, 6.45) is 1.53. The topological polar surface area (TPSA) is 38.3 Å². The molecule has 0 aliphatic carbocycles. The smallest absolute Gasteiger partial charge is 0.253 e. The number of rotatable bonds is 6. The van der Waals surface area contributed by atoms with Gasteiger partial charge in [-0.2, -0.15) is 0 Å². The van der Waals surface area contributed by atoms with Crippen LogP contribution >= 0.6 is 11.8 Å². The van der Waals surface area contributed by atoms with Crippen LogP contribution in [0.2, 0.25) is 0 Å². The van der Waals surface area contributed by atoms with Gasteiger partial charge in [0, 0.05) is 10.6 Å². The van der Waals surface area contributed by atoms with E-state index < -0.39 is 6.10 Å². The molecule has 0 aliphatic heterocycles. The van der Waals surface area contributed by atoms with E-state index in [1.807, 2.05) is 60.9 Å². The molecule has 0 heterocycles. The molecule has 110 valence electrons. The molecule has 0 aliphatic rings. The van der Waals surface area contributed by atoms with Crippen LogP contribution < -0.4 is 5.32 Å². The highest BCUT2D eigenvalue weighted by Crippen LogP contribution is 2.17. The van der Waals surface area contributed by atoms with Crippen molar-refractivity contribution in [2.45, 2.75) is 24.5 Å². The Morgan fingerprint density at radius 2 is 1.81 bits per heavy atom. The number of ether oxygens (including phenoxy) is 1. The second-order valence-corrected chi connectivity index (χ2v) is 5.54. The van der Waals surface area contributed by atoms with Crippen LogP contribution in [-0.4, -0.2) is 18.3 Å². The Bertz CT molecular complexity index is 569. The van der Waals surface area contributed by atoms with Gasteiger partial charge in [0.1, 0.15) is 6.10 Å². The van der Waals surface area contributed by atoms with Crippen LogP contribution in [0.5, 0.6) is 0 Å². The van der Waals surface area contributed by atoms with Crippen molar-refractivity contribution in [2.75, 3.05) is 11.6 Å². The minimum Gasteiger partial charge on any atom is -0.364 e. The number of thioether (sulfide) groups is 1. The number of carbonyl (C=O) groups is 1. The van der Waals surface area contributed by atoms with E-state index in [0.717, 1.165) is 11.3 Å². The standard InChI is InChI=1S/C17H19NO2S/c1-13(20-12-14-6-4-3-5-7-14)17(19)18-15-8-10-16(21-2)11-9-15/h3-11,13H,12H2,1-2H3,(H,18,19). The number of benzene rings is 2. The predicted octanol–water partition coefficient (Wildman–Crippen LogP) is 3.95. The van der Waals surface area contributed by atoms with Gasteiger partial charge in [0.15, 0.2) is 0 Å². The van der Waals surface area contributed by atoms with Gasteiger partial charge in [-0.05, 0) is 43.0 Å². The third kappa shape index (κ3) is 4.92. The van der Waals surface area contributed by atoms with E-state index in [9.17, 15) is 4.79 Å². The largest absolute Gasteiger partial charge is 0.364 e. The molecule has 21 heavy (non-hydrogen) atoms. The zero-order valence-corrected chi connectivity index (χ0v) is 13.0. The van der Waals surface area contributed by atoms with E-state index >= 15 is 0 Å². The molecule has 2 aromatic rings. The highest BCUT2D eigenvalue weighted by molar-refractivity contribution is 7.98. The summed E-state index contributed by atoms with van der Waals surface area (Å²) >= 11 is 1.67.